The number of hydrogen-bond acceptors (Lipinski definition) is 4. The van der Waals surface area contributed by atoms with Gasteiger partial charge in [0.15, 0.2) is 0 Å². The summed E-state index contributed by atoms with van der Waals surface area (Å²) in [5.41, 5.74) is 3.82. The summed E-state index contributed by atoms with van der Waals surface area (Å²) in [6.45, 7) is 0. The third-order valence-electron chi connectivity index (χ3n) is 4.44. The van der Waals surface area contributed by atoms with Crippen molar-refractivity contribution in [2.24, 2.45) is 10.1 Å². The first-order valence-electron chi connectivity index (χ1n) is 8.88. The highest BCUT2D eigenvalue weighted by Gasteiger charge is 2.14. The molecule has 7 heteroatoms. The largest absolute Gasteiger partial charge is 0.262 e. The van der Waals surface area contributed by atoms with E-state index in [-0.39, 0.29) is 0 Å². The molecule has 0 bridgehead atoms. The molecule has 0 N–H and O–H groups in total. The first-order valence-corrected chi connectivity index (χ1v) is 10.5. The lowest BCUT2D eigenvalue weighted by Crippen LogP contribution is -2.15. The van der Waals surface area contributed by atoms with Gasteiger partial charge in [-0.1, -0.05) is 29.6 Å². The number of nitrogens with zero attached hydrogens (tertiary/aromatic N) is 4. The number of aromatic nitrogens is 2. The Bertz CT molecular complexity index is 1030. The molecule has 0 atom stereocenters. The molecule has 0 amide bonds. The molecule has 1 aliphatic rings. The molecule has 138 valence electrons. The van der Waals surface area contributed by atoms with Crippen LogP contribution in [-0.4, -0.2) is 15.4 Å². The fourth-order valence-corrected chi connectivity index (χ4v) is 4.43. The molecule has 4 rings (SSSR count). The van der Waals surface area contributed by atoms with Crippen molar-refractivity contribution in [1.29, 1.82) is 0 Å². The van der Waals surface area contributed by atoms with E-state index in [2.05, 4.69) is 4.98 Å². The van der Waals surface area contributed by atoms with E-state index in [0.717, 1.165) is 34.6 Å². The summed E-state index contributed by atoms with van der Waals surface area (Å²) >= 11 is 14.1. The zero-order valence-electron chi connectivity index (χ0n) is 14.6. The maximum Gasteiger partial charge on any atom is 0.211 e. The minimum Gasteiger partial charge on any atom is -0.262 e. The van der Waals surface area contributed by atoms with Crippen molar-refractivity contribution in [3.8, 4) is 11.3 Å². The number of benzene rings is 1. The van der Waals surface area contributed by atoms with Gasteiger partial charge >= 0.3 is 0 Å². The molecule has 0 spiro atoms. The third kappa shape index (κ3) is 4.32. The van der Waals surface area contributed by atoms with E-state index in [1.165, 1.54) is 36.3 Å². The number of pyridine rings is 1. The summed E-state index contributed by atoms with van der Waals surface area (Å²) in [6.07, 6.45) is 9.20. The highest BCUT2D eigenvalue weighted by atomic mass is 35.5. The smallest absolute Gasteiger partial charge is 0.211 e. The standard InChI is InChI=1S/C20H18Cl2N4S/c21-14-8-9-17(18(22)11-14)19-13-27-20(24-16-7-4-10-23-12-16)26(19)25-15-5-2-1-3-6-15/h4,7-13H,1-3,5-6H2. The second-order valence-corrected chi connectivity index (χ2v) is 8.07. The zero-order valence-corrected chi connectivity index (χ0v) is 16.9. The van der Waals surface area contributed by atoms with Crippen LogP contribution in [0.4, 0.5) is 5.69 Å². The van der Waals surface area contributed by atoms with Gasteiger partial charge in [0.2, 0.25) is 4.80 Å². The fraction of sp³-hybridized carbons (Fsp3) is 0.250. The number of halogens is 2. The molecule has 1 fully saturated rings. The molecule has 1 saturated carbocycles. The molecule has 0 saturated heterocycles. The normalized spacial score (nSPS) is 15.2. The van der Waals surface area contributed by atoms with Crippen molar-refractivity contribution in [2.45, 2.75) is 32.1 Å². The van der Waals surface area contributed by atoms with Crippen molar-refractivity contribution >= 4 is 45.9 Å². The van der Waals surface area contributed by atoms with Gasteiger partial charge in [0.25, 0.3) is 0 Å². The monoisotopic (exact) mass is 416 g/mol. The topological polar surface area (TPSA) is 42.5 Å². The highest BCUT2D eigenvalue weighted by Crippen LogP contribution is 2.31. The summed E-state index contributed by atoms with van der Waals surface area (Å²) in [7, 11) is 0. The molecule has 1 aliphatic carbocycles. The molecule has 1 aromatic carbocycles. The number of hydrogen-bond donors (Lipinski definition) is 0. The average Bonchev–Trinajstić information content (AvgIpc) is 3.05. The Hall–Kier alpha value is -1.95. The quantitative estimate of drug-likeness (QED) is 0.492. The van der Waals surface area contributed by atoms with Crippen LogP contribution in [0.25, 0.3) is 11.3 Å². The Labute approximate surface area is 171 Å². The van der Waals surface area contributed by atoms with Gasteiger partial charge < -0.3 is 0 Å². The Morgan fingerprint density at radius 3 is 2.67 bits per heavy atom. The van der Waals surface area contributed by atoms with Gasteiger partial charge in [0.1, 0.15) is 0 Å². The lowest BCUT2D eigenvalue weighted by molar-refractivity contribution is 0.656. The Kier molecular flexibility index (Phi) is 5.72. The number of rotatable bonds is 3. The number of thiazole rings is 1. The van der Waals surface area contributed by atoms with Crippen molar-refractivity contribution in [2.75, 3.05) is 0 Å². The van der Waals surface area contributed by atoms with Crippen LogP contribution < -0.4 is 4.80 Å². The summed E-state index contributed by atoms with van der Waals surface area (Å²) in [5, 5.41) is 8.21. The molecular weight excluding hydrogens is 399 g/mol. The fourth-order valence-electron chi connectivity index (χ4n) is 3.09. The summed E-state index contributed by atoms with van der Waals surface area (Å²) in [5.74, 6) is 0. The second-order valence-electron chi connectivity index (χ2n) is 6.39. The van der Waals surface area contributed by atoms with Gasteiger partial charge in [0, 0.05) is 27.9 Å². The van der Waals surface area contributed by atoms with Crippen LogP contribution in [-0.2, 0) is 0 Å². The highest BCUT2D eigenvalue weighted by molar-refractivity contribution is 7.07. The minimum atomic E-state index is 0.603. The molecule has 0 aliphatic heterocycles. The van der Waals surface area contributed by atoms with Crippen molar-refractivity contribution in [3.05, 3.63) is 63.0 Å². The molecule has 27 heavy (non-hydrogen) atoms. The van der Waals surface area contributed by atoms with Crippen LogP contribution in [0.5, 0.6) is 0 Å². The Morgan fingerprint density at radius 1 is 1.07 bits per heavy atom. The van der Waals surface area contributed by atoms with Crippen LogP contribution in [0.15, 0.2) is 58.2 Å². The second kappa shape index (κ2) is 8.38. The lowest BCUT2D eigenvalue weighted by atomic mass is 9.99. The van der Waals surface area contributed by atoms with E-state index in [4.69, 9.17) is 33.3 Å². The van der Waals surface area contributed by atoms with Gasteiger partial charge in [0.05, 0.1) is 22.6 Å². The van der Waals surface area contributed by atoms with Crippen LogP contribution in [0.1, 0.15) is 32.1 Å². The van der Waals surface area contributed by atoms with Crippen LogP contribution >= 0.6 is 34.5 Å². The molecule has 4 nitrogen and oxygen atoms in total. The van der Waals surface area contributed by atoms with Crippen LogP contribution in [0.3, 0.4) is 0 Å². The van der Waals surface area contributed by atoms with E-state index < -0.39 is 0 Å². The van der Waals surface area contributed by atoms with E-state index in [1.54, 1.807) is 18.5 Å². The maximum atomic E-state index is 6.47. The first-order chi connectivity index (χ1) is 13.2. The van der Waals surface area contributed by atoms with Crippen LogP contribution in [0, 0.1) is 0 Å². The zero-order chi connectivity index (χ0) is 18.6. The van der Waals surface area contributed by atoms with Gasteiger partial charge in [-0.15, -0.1) is 11.3 Å². The molecule has 3 aromatic rings. The van der Waals surface area contributed by atoms with E-state index in [0.29, 0.717) is 10.0 Å². The SMILES string of the molecule is Clc1ccc(-c2csc(=Nc3cccnc3)n2N=C2CCCCC2)c(Cl)c1. The van der Waals surface area contributed by atoms with Crippen molar-refractivity contribution < 1.29 is 0 Å². The summed E-state index contributed by atoms with van der Waals surface area (Å²) < 4.78 is 1.91. The van der Waals surface area contributed by atoms with E-state index in [9.17, 15) is 0 Å². The summed E-state index contributed by atoms with van der Waals surface area (Å²) in [4.78, 5) is 9.68. The molecule has 2 aromatic heterocycles. The van der Waals surface area contributed by atoms with Crippen LogP contribution in [0.2, 0.25) is 10.0 Å². The predicted octanol–water partition coefficient (Wildman–Crippen LogP) is 6.32. The molecule has 2 heterocycles. The van der Waals surface area contributed by atoms with Gasteiger partial charge in [-0.3, -0.25) is 4.98 Å². The van der Waals surface area contributed by atoms with Crippen molar-refractivity contribution in [1.82, 2.24) is 9.66 Å². The van der Waals surface area contributed by atoms with E-state index in [1.807, 2.05) is 34.3 Å². The first kappa shape index (κ1) is 18.4. The average molecular weight is 417 g/mol. The predicted molar refractivity (Wildman–Crippen MR) is 113 cm³/mol. The minimum absolute atomic E-state index is 0.603. The van der Waals surface area contributed by atoms with Gasteiger partial charge in [-0.05, 0) is 56.0 Å². The van der Waals surface area contributed by atoms with Crippen molar-refractivity contribution in [3.63, 3.8) is 0 Å². The summed E-state index contributed by atoms with van der Waals surface area (Å²) in [6, 6.07) is 9.33. The Morgan fingerprint density at radius 2 is 1.93 bits per heavy atom. The van der Waals surface area contributed by atoms with Gasteiger partial charge in [-0.2, -0.15) is 5.10 Å². The van der Waals surface area contributed by atoms with E-state index >= 15 is 0 Å². The van der Waals surface area contributed by atoms with Gasteiger partial charge in [-0.25, -0.2) is 9.67 Å². The Balaban J connectivity index is 1.88. The third-order valence-corrected chi connectivity index (χ3v) is 5.80. The lowest BCUT2D eigenvalue weighted by Gasteiger charge is -2.13. The molecular formula is C20H18Cl2N4S. The molecule has 0 unspecified atom stereocenters. The maximum absolute atomic E-state index is 6.47. The molecule has 0 radical (unpaired) electrons.